The number of aryl methyl sites for hydroxylation is 1. The molecule has 1 aromatic carbocycles. The Labute approximate surface area is 118 Å². The van der Waals surface area contributed by atoms with Crippen molar-refractivity contribution in [3.8, 4) is 0 Å². The van der Waals surface area contributed by atoms with E-state index in [-0.39, 0.29) is 18.4 Å². The summed E-state index contributed by atoms with van der Waals surface area (Å²) in [7, 11) is 0. The van der Waals surface area contributed by atoms with Crippen molar-refractivity contribution in [2.75, 3.05) is 5.32 Å². The third-order valence-electron chi connectivity index (χ3n) is 3.76. The zero-order valence-electron chi connectivity index (χ0n) is 11.3. The summed E-state index contributed by atoms with van der Waals surface area (Å²) in [6, 6.07) is 10.1. The predicted molar refractivity (Wildman–Crippen MR) is 77.4 cm³/mol. The number of benzene rings is 1. The fourth-order valence-electron chi connectivity index (χ4n) is 2.83. The molecule has 4 heteroatoms. The smallest absolute Gasteiger partial charge is 0.221 e. The molecule has 1 unspecified atom stereocenters. The molecule has 3 N–H and O–H groups in total. The molecule has 0 spiro atoms. The van der Waals surface area contributed by atoms with Crippen molar-refractivity contribution in [2.45, 2.75) is 31.7 Å². The number of carbonyl (C=O) groups excluding carboxylic acids is 1. The first kappa shape index (κ1) is 12.8. The molecule has 4 nitrogen and oxygen atoms in total. The Morgan fingerprint density at radius 2 is 2.20 bits per heavy atom. The molecule has 2 aromatic rings. The van der Waals surface area contributed by atoms with E-state index in [0.717, 1.165) is 36.3 Å². The number of nitrogens with one attached hydrogen (secondary N) is 1. The lowest BCUT2D eigenvalue weighted by Gasteiger charge is -2.25. The quantitative estimate of drug-likeness (QED) is 0.897. The second-order valence-electron chi connectivity index (χ2n) is 5.19. The lowest BCUT2D eigenvalue weighted by molar-refractivity contribution is -0.117. The maximum absolute atomic E-state index is 11.1. The van der Waals surface area contributed by atoms with E-state index >= 15 is 0 Å². The van der Waals surface area contributed by atoms with Crippen molar-refractivity contribution in [1.82, 2.24) is 0 Å². The number of hydrogen-bond donors (Lipinski definition) is 2. The van der Waals surface area contributed by atoms with Crippen LogP contribution in [0.25, 0.3) is 0 Å². The number of rotatable bonds is 4. The molecule has 0 bridgehead atoms. The number of primary amides is 1. The molecular formula is C16H18N2O2. The molecule has 3 rings (SSSR count). The topological polar surface area (TPSA) is 68.3 Å². The van der Waals surface area contributed by atoms with E-state index in [1.54, 1.807) is 6.26 Å². The van der Waals surface area contributed by atoms with E-state index in [1.165, 1.54) is 5.56 Å². The van der Waals surface area contributed by atoms with Gasteiger partial charge in [0.05, 0.1) is 18.7 Å². The van der Waals surface area contributed by atoms with E-state index in [2.05, 4.69) is 5.32 Å². The highest BCUT2D eigenvalue weighted by atomic mass is 16.3. The first-order valence-electron chi connectivity index (χ1n) is 6.93. The Kier molecular flexibility index (Phi) is 3.46. The normalized spacial score (nSPS) is 17.5. The van der Waals surface area contributed by atoms with E-state index < -0.39 is 0 Å². The molecule has 1 heterocycles. The minimum atomic E-state index is -0.313. The molecule has 20 heavy (non-hydrogen) atoms. The average molecular weight is 270 g/mol. The van der Waals surface area contributed by atoms with Crippen molar-refractivity contribution in [1.29, 1.82) is 0 Å². The SMILES string of the molecule is NC(=O)Cc1ccccc1NC1CCCc2occc21. The maximum atomic E-state index is 11.1. The van der Waals surface area contributed by atoms with Crippen LogP contribution in [0.5, 0.6) is 0 Å². The summed E-state index contributed by atoms with van der Waals surface area (Å²) < 4.78 is 5.50. The summed E-state index contributed by atoms with van der Waals surface area (Å²) >= 11 is 0. The summed E-state index contributed by atoms with van der Waals surface area (Å²) in [6.45, 7) is 0. The standard InChI is InChI=1S/C16H18N2O2/c17-16(19)10-11-4-1-2-5-13(11)18-14-6-3-7-15-12(14)8-9-20-15/h1-2,4-5,8-9,14,18H,3,6-7,10H2,(H2,17,19). The second-order valence-corrected chi connectivity index (χ2v) is 5.19. The molecular weight excluding hydrogens is 252 g/mol. The molecule has 0 saturated heterocycles. The molecule has 0 radical (unpaired) electrons. The van der Waals surface area contributed by atoms with Crippen LogP contribution in [0.4, 0.5) is 5.69 Å². The number of carbonyl (C=O) groups is 1. The van der Waals surface area contributed by atoms with Crippen LogP contribution < -0.4 is 11.1 Å². The zero-order valence-corrected chi connectivity index (χ0v) is 11.3. The molecule has 1 aliphatic carbocycles. The molecule has 1 atom stereocenters. The van der Waals surface area contributed by atoms with Gasteiger partial charge >= 0.3 is 0 Å². The Morgan fingerprint density at radius 3 is 3.05 bits per heavy atom. The Balaban J connectivity index is 1.84. The fraction of sp³-hybridized carbons (Fsp3) is 0.312. The molecule has 1 aromatic heterocycles. The van der Waals surface area contributed by atoms with Crippen molar-refractivity contribution in [3.05, 3.63) is 53.5 Å². The third-order valence-corrected chi connectivity index (χ3v) is 3.76. The van der Waals surface area contributed by atoms with Crippen molar-refractivity contribution >= 4 is 11.6 Å². The van der Waals surface area contributed by atoms with Gasteiger partial charge in [0.2, 0.25) is 5.91 Å². The van der Waals surface area contributed by atoms with E-state index in [4.69, 9.17) is 10.2 Å². The second kappa shape index (κ2) is 5.41. The van der Waals surface area contributed by atoms with Crippen LogP contribution in [-0.4, -0.2) is 5.91 Å². The van der Waals surface area contributed by atoms with Crippen LogP contribution in [0.1, 0.15) is 35.8 Å². The van der Waals surface area contributed by atoms with Gasteiger partial charge in [0.15, 0.2) is 0 Å². The zero-order chi connectivity index (χ0) is 13.9. The van der Waals surface area contributed by atoms with Gasteiger partial charge in [-0.15, -0.1) is 0 Å². The lowest BCUT2D eigenvalue weighted by Crippen LogP contribution is -2.19. The Morgan fingerprint density at radius 1 is 1.35 bits per heavy atom. The summed E-state index contributed by atoms with van der Waals surface area (Å²) in [5.74, 6) is 0.757. The average Bonchev–Trinajstić information content (AvgIpc) is 2.90. The van der Waals surface area contributed by atoms with E-state index in [1.807, 2.05) is 30.3 Å². The third kappa shape index (κ3) is 2.54. The molecule has 0 aliphatic heterocycles. The van der Waals surface area contributed by atoms with E-state index in [9.17, 15) is 4.79 Å². The minimum absolute atomic E-state index is 0.242. The lowest BCUT2D eigenvalue weighted by atomic mass is 9.93. The fourth-order valence-corrected chi connectivity index (χ4v) is 2.83. The van der Waals surface area contributed by atoms with Gasteiger partial charge in [0, 0.05) is 17.7 Å². The Bertz CT molecular complexity index is 618. The highest BCUT2D eigenvalue weighted by Gasteiger charge is 2.23. The van der Waals surface area contributed by atoms with Gasteiger partial charge in [0.25, 0.3) is 0 Å². The monoisotopic (exact) mass is 270 g/mol. The number of hydrogen-bond acceptors (Lipinski definition) is 3. The Hall–Kier alpha value is -2.23. The van der Waals surface area contributed by atoms with Crippen LogP contribution in [-0.2, 0) is 17.6 Å². The molecule has 0 fully saturated rings. The van der Waals surface area contributed by atoms with Gasteiger partial charge in [-0.1, -0.05) is 18.2 Å². The maximum Gasteiger partial charge on any atom is 0.221 e. The van der Waals surface area contributed by atoms with Gasteiger partial charge in [-0.05, 0) is 30.5 Å². The van der Waals surface area contributed by atoms with Gasteiger partial charge in [0.1, 0.15) is 5.76 Å². The predicted octanol–water partition coefficient (Wildman–Crippen LogP) is 2.80. The summed E-state index contributed by atoms with van der Waals surface area (Å²) in [5, 5.41) is 3.53. The largest absolute Gasteiger partial charge is 0.469 e. The number of anilines is 1. The molecule has 0 saturated carbocycles. The van der Waals surface area contributed by atoms with Crippen LogP contribution in [0.2, 0.25) is 0 Å². The number of para-hydroxylation sites is 1. The summed E-state index contributed by atoms with van der Waals surface area (Å²) in [4.78, 5) is 11.1. The van der Waals surface area contributed by atoms with Gasteiger partial charge in [-0.25, -0.2) is 0 Å². The molecule has 104 valence electrons. The van der Waals surface area contributed by atoms with Crippen LogP contribution in [0.15, 0.2) is 41.0 Å². The first-order chi connectivity index (χ1) is 9.74. The highest BCUT2D eigenvalue weighted by molar-refractivity contribution is 5.78. The van der Waals surface area contributed by atoms with E-state index in [0.29, 0.717) is 0 Å². The molecule has 1 amide bonds. The van der Waals surface area contributed by atoms with Crippen molar-refractivity contribution in [2.24, 2.45) is 5.73 Å². The van der Waals surface area contributed by atoms with Crippen molar-refractivity contribution < 1.29 is 9.21 Å². The number of furan rings is 1. The van der Waals surface area contributed by atoms with Gasteiger partial charge in [-0.2, -0.15) is 0 Å². The van der Waals surface area contributed by atoms with Crippen LogP contribution >= 0.6 is 0 Å². The highest BCUT2D eigenvalue weighted by Crippen LogP contribution is 2.34. The van der Waals surface area contributed by atoms with Gasteiger partial charge < -0.3 is 15.5 Å². The van der Waals surface area contributed by atoms with Crippen LogP contribution in [0.3, 0.4) is 0 Å². The first-order valence-corrected chi connectivity index (χ1v) is 6.93. The number of amides is 1. The summed E-state index contributed by atoms with van der Waals surface area (Å²) in [5.41, 5.74) is 8.45. The number of fused-ring (bicyclic) bond motifs is 1. The van der Waals surface area contributed by atoms with Gasteiger partial charge in [-0.3, -0.25) is 4.79 Å². The minimum Gasteiger partial charge on any atom is -0.469 e. The summed E-state index contributed by atoms with van der Waals surface area (Å²) in [6.07, 6.45) is 5.19. The van der Waals surface area contributed by atoms with Crippen molar-refractivity contribution in [3.63, 3.8) is 0 Å². The number of nitrogens with two attached hydrogens (primary N) is 1. The molecule has 1 aliphatic rings. The van der Waals surface area contributed by atoms with Crippen LogP contribution in [0, 0.1) is 0 Å².